The molecule has 1 aromatic rings. The maximum absolute atomic E-state index is 6.33. The maximum atomic E-state index is 6.33. The Balaban J connectivity index is 1.78. The Morgan fingerprint density at radius 3 is 2.67 bits per heavy atom. The second-order valence-electron chi connectivity index (χ2n) is 6.95. The summed E-state index contributed by atoms with van der Waals surface area (Å²) < 4.78 is 0. The molecular weight excluding hydrogens is 280 g/mol. The summed E-state index contributed by atoms with van der Waals surface area (Å²) in [6.07, 6.45) is 7.04. The Hall–Kier alpha value is -0.570. The zero-order valence-electron chi connectivity index (χ0n) is 13.0. The standard InChI is InChI=1S/C18H27ClN2/c1-13(20)18(15-7-4-8-17(19)11-15)21-10-9-14-5-2-3-6-16(14)12-21/h4,7-8,11,13-14,16,18H,2-3,5-6,9-10,12,20H2,1H3. The van der Waals surface area contributed by atoms with Crippen molar-refractivity contribution in [3.05, 3.63) is 34.9 Å². The van der Waals surface area contributed by atoms with Crippen LogP contribution in [-0.2, 0) is 0 Å². The minimum atomic E-state index is 0.128. The van der Waals surface area contributed by atoms with E-state index < -0.39 is 0 Å². The van der Waals surface area contributed by atoms with E-state index in [1.54, 1.807) is 0 Å². The van der Waals surface area contributed by atoms with Crippen molar-refractivity contribution in [1.29, 1.82) is 0 Å². The van der Waals surface area contributed by atoms with E-state index in [0.717, 1.165) is 16.9 Å². The molecule has 2 nitrogen and oxygen atoms in total. The van der Waals surface area contributed by atoms with E-state index in [1.807, 2.05) is 12.1 Å². The first kappa shape index (κ1) is 15.3. The van der Waals surface area contributed by atoms with Crippen LogP contribution in [0.4, 0.5) is 0 Å². The predicted molar refractivity (Wildman–Crippen MR) is 89.5 cm³/mol. The van der Waals surface area contributed by atoms with Gasteiger partial charge in [0, 0.05) is 23.7 Å². The summed E-state index contributed by atoms with van der Waals surface area (Å²) in [7, 11) is 0. The van der Waals surface area contributed by atoms with Gasteiger partial charge >= 0.3 is 0 Å². The van der Waals surface area contributed by atoms with E-state index in [9.17, 15) is 0 Å². The number of nitrogens with two attached hydrogens (primary N) is 1. The summed E-state index contributed by atoms with van der Waals surface area (Å²) >= 11 is 6.18. The van der Waals surface area contributed by atoms with Gasteiger partial charge in [-0.3, -0.25) is 4.90 Å². The average molecular weight is 307 g/mol. The van der Waals surface area contributed by atoms with Gasteiger partial charge in [-0.1, -0.05) is 43.0 Å². The van der Waals surface area contributed by atoms with Gasteiger partial charge in [0.2, 0.25) is 0 Å². The van der Waals surface area contributed by atoms with Crippen LogP contribution in [0.15, 0.2) is 24.3 Å². The molecule has 0 radical (unpaired) electrons. The van der Waals surface area contributed by atoms with Crippen molar-refractivity contribution < 1.29 is 0 Å². The van der Waals surface area contributed by atoms with E-state index in [0.29, 0.717) is 6.04 Å². The molecule has 0 amide bonds. The number of hydrogen-bond acceptors (Lipinski definition) is 2. The summed E-state index contributed by atoms with van der Waals surface area (Å²) in [5.74, 6) is 1.84. The summed E-state index contributed by atoms with van der Waals surface area (Å²) in [6.45, 7) is 4.52. The SMILES string of the molecule is CC(N)C(c1cccc(Cl)c1)N1CCC2CCCCC2C1. The molecule has 2 N–H and O–H groups in total. The lowest BCUT2D eigenvalue weighted by atomic mass is 9.74. The van der Waals surface area contributed by atoms with Crippen LogP contribution < -0.4 is 5.73 Å². The van der Waals surface area contributed by atoms with E-state index in [2.05, 4.69) is 24.0 Å². The van der Waals surface area contributed by atoms with E-state index in [4.69, 9.17) is 17.3 Å². The second-order valence-corrected chi connectivity index (χ2v) is 7.38. The molecule has 3 heteroatoms. The van der Waals surface area contributed by atoms with E-state index in [-0.39, 0.29) is 6.04 Å². The van der Waals surface area contributed by atoms with Crippen LogP contribution in [0.5, 0.6) is 0 Å². The highest BCUT2D eigenvalue weighted by Crippen LogP contribution is 2.39. The van der Waals surface area contributed by atoms with Crippen molar-refractivity contribution in [3.8, 4) is 0 Å². The summed E-state index contributed by atoms with van der Waals surface area (Å²) in [4.78, 5) is 2.61. The Bertz CT molecular complexity index is 474. The predicted octanol–water partition coefficient (Wildman–Crippen LogP) is 4.24. The van der Waals surface area contributed by atoms with Crippen molar-refractivity contribution in [2.24, 2.45) is 17.6 Å². The van der Waals surface area contributed by atoms with Gasteiger partial charge in [0.1, 0.15) is 0 Å². The number of likely N-dealkylation sites (tertiary alicyclic amines) is 1. The number of nitrogens with zero attached hydrogens (tertiary/aromatic N) is 1. The largest absolute Gasteiger partial charge is 0.326 e. The van der Waals surface area contributed by atoms with Crippen molar-refractivity contribution in [2.75, 3.05) is 13.1 Å². The quantitative estimate of drug-likeness (QED) is 0.905. The number of benzene rings is 1. The summed E-state index contributed by atoms with van der Waals surface area (Å²) in [5, 5.41) is 0.811. The van der Waals surface area contributed by atoms with Gasteiger partial charge in [0.25, 0.3) is 0 Å². The Kier molecular flexibility index (Phi) is 4.88. The van der Waals surface area contributed by atoms with Crippen molar-refractivity contribution in [1.82, 2.24) is 4.90 Å². The van der Waals surface area contributed by atoms with Crippen LogP contribution in [0.25, 0.3) is 0 Å². The molecule has 1 aliphatic heterocycles. The van der Waals surface area contributed by atoms with Gasteiger partial charge in [-0.25, -0.2) is 0 Å². The highest BCUT2D eigenvalue weighted by Gasteiger charge is 2.35. The van der Waals surface area contributed by atoms with Gasteiger partial charge in [-0.05, 0) is 55.8 Å². The molecule has 21 heavy (non-hydrogen) atoms. The highest BCUT2D eigenvalue weighted by molar-refractivity contribution is 6.30. The lowest BCUT2D eigenvalue weighted by Gasteiger charge is -2.45. The normalized spacial score (nSPS) is 29.7. The Morgan fingerprint density at radius 1 is 1.19 bits per heavy atom. The topological polar surface area (TPSA) is 29.3 Å². The van der Waals surface area contributed by atoms with E-state index >= 15 is 0 Å². The fourth-order valence-corrected chi connectivity index (χ4v) is 4.62. The molecule has 116 valence electrons. The molecule has 0 bridgehead atoms. The Labute approximate surface area is 133 Å². The number of piperidine rings is 1. The number of halogens is 1. The molecule has 4 unspecified atom stereocenters. The third-order valence-electron chi connectivity index (χ3n) is 5.40. The molecule has 1 saturated carbocycles. The van der Waals surface area contributed by atoms with Gasteiger partial charge in [0.05, 0.1) is 0 Å². The third kappa shape index (κ3) is 3.44. The molecule has 2 aliphatic rings. The smallest absolute Gasteiger partial charge is 0.0497 e. The second kappa shape index (κ2) is 6.68. The average Bonchev–Trinajstić information content (AvgIpc) is 2.47. The molecule has 0 spiro atoms. The number of rotatable bonds is 3. The van der Waals surface area contributed by atoms with E-state index in [1.165, 1.54) is 50.8 Å². The minimum absolute atomic E-state index is 0.128. The first-order valence-corrected chi connectivity index (χ1v) is 8.78. The first-order chi connectivity index (χ1) is 10.1. The molecule has 3 rings (SSSR count). The molecule has 4 atom stereocenters. The van der Waals surface area contributed by atoms with Crippen molar-refractivity contribution >= 4 is 11.6 Å². The van der Waals surface area contributed by atoms with Crippen LogP contribution in [0.1, 0.15) is 50.6 Å². The van der Waals surface area contributed by atoms with Crippen molar-refractivity contribution in [3.63, 3.8) is 0 Å². The molecule has 1 saturated heterocycles. The van der Waals surface area contributed by atoms with Crippen LogP contribution in [-0.4, -0.2) is 24.0 Å². The zero-order valence-corrected chi connectivity index (χ0v) is 13.7. The van der Waals surface area contributed by atoms with Gasteiger partial charge in [0.15, 0.2) is 0 Å². The fraction of sp³-hybridized carbons (Fsp3) is 0.667. The first-order valence-electron chi connectivity index (χ1n) is 8.40. The monoisotopic (exact) mass is 306 g/mol. The lowest BCUT2D eigenvalue weighted by molar-refractivity contribution is 0.0494. The molecule has 0 aromatic heterocycles. The number of hydrogen-bond donors (Lipinski definition) is 1. The van der Waals surface area contributed by atoms with Crippen LogP contribution >= 0.6 is 11.6 Å². The van der Waals surface area contributed by atoms with Gasteiger partial charge in [-0.15, -0.1) is 0 Å². The highest BCUT2D eigenvalue weighted by atomic mass is 35.5. The molecule has 2 fully saturated rings. The molecular formula is C18H27ClN2. The number of fused-ring (bicyclic) bond motifs is 1. The Morgan fingerprint density at radius 2 is 1.95 bits per heavy atom. The summed E-state index contributed by atoms with van der Waals surface area (Å²) in [5.41, 5.74) is 7.60. The molecule has 1 aromatic carbocycles. The lowest BCUT2D eigenvalue weighted by Crippen LogP contribution is -2.47. The summed E-state index contributed by atoms with van der Waals surface area (Å²) in [6, 6.07) is 8.67. The fourth-order valence-electron chi connectivity index (χ4n) is 4.42. The molecule has 1 heterocycles. The van der Waals surface area contributed by atoms with Crippen LogP contribution in [0.3, 0.4) is 0 Å². The molecule has 1 aliphatic carbocycles. The maximum Gasteiger partial charge on any atom is 0.0497 e. The van der Waals surface area contributed by atoms with Crippen LogP contribution in [0.2, 0.25) is 5.02 Å². The van der Waals surface area contributed by atoms with Gasteiger partial charge < -0.3 is 5.73 Å². The minimum Gasteiger partial charge on any atom is -0.326 e. The van der Waals surface area contributed by atoms with Gasteiger partial charge in [-0.2, -0.15) is 0 Å². The zero-order chi connectivity index (χ0) is 14.8. The third-order valence-corrected chi connectivity index (χ3v) is 5.64. The van der Waals surface area contributed by atoms with Crippen molar-refractivity contribution in [2.45, 2.75) is 51.1 Å². The van der Waals surface area contributed by atoms with Crippen LogP contribution in [0, 0.1) is 11.8 Å².